The van der Waals surface area contributed by atoms with E-state index >= 15 is 0 Å². The maximum atomic E-state index is 5.82. The Morgan fingerprint density at radius 2 is 2.11 bits per heavy atom. The number of rotatable bonds is 12. The van der Waals surface area contributed by atoms with Gasteiger partial charge in [-0.3, -0.25) is 0 Å². The van der Waals surface area contributed by atoms with Crippen molar-refractivity contribution in [2.45, 2.75) is 46.1 Å². The fourth-order valence-electron chi connectivity index (χ4n) is 2.92. The van der Waals surface area contributed by atoms with Crippen LogP contribution in [0.5, 0.6) is 5.88 Å². The summed E-state index contributed by atoms with van der Waals surface area (Å²) in [6.07, 6.45) is 5.90. The van der Waals surface area contributed by atoms with Gasteiger partial charge in [0.1, 0.15) is 0 Å². The average molecular weight is 393 g/mol. The predicted octanol–water partition coefficient (Wildman–Crippen LogP) is 2.76. The third-order valence-corrected chi connectivity index (χ3v) is 4.50. The SMILES string of the molecule is CCCOc1ncccc1CN=C(NCC)NCCCOCC1CCOCC1. The van der Waals surface area contributed by atoms with Gasteiger partial charge < -0.3 is 24.8 Å². The van der Waals surface area contributed by atoms with Crippen molar-refractivity contribution in [3.63, 3.8) is 0 Å². The highest BCUT2D eigenvalue weighted by molar-refractivity contribution is 5.79. The molecule has 0 spiro atoms. The van der Waals surface area contributed by atoms with Crippen LogP contribution in [-0.4, -0.2) is 57.1 Å². The molecule has 0 atom stereocenters. The largest absolute Gasteiger partial charge is 0.477 e. The molecule has 1 aliphatic rings. The quantitative estimate of drug-likeness (QED) is 0.324. The molecular formula is C21H36N4O3. The monoisotopic (exact) mass is 392 g/mol. The van der Waals surface area contributed by atoms with E-state index in [4.69, 9.17) is 14.2 Å². The summed E-state index contributed by atoms with van der Waals surface area (Å²) in [5.74, 6) is 2.13. The summed E-state index contributed by atoms with van der Waals surface area (Å²) in [5.41, 5.74) is 0.993. The lowest BCUT2D eigenvalue weighted by atomic mass is 10.0. The second kappa shape index (κ2) is 14.2. The molecule has 1 fully saturated rings. The summed E-state index contributed by atoms with van der Waals surface area (Å²) in [6, 6.07) is 3.93. The van der Waals surface area contributed by atoms with Crippen LogP contribution in [0.1, 0.15) is 45.1 Å². The number of hydrogen-bond acceptors (Lipinski definition) is 5. The van der Waals surface area contributed by atoms with Crippen LogP contribution in [-0.2, 0) is 16.0 Å². The van der Waals surface area contributed by atoms with Crippen LogP contribution in [0.15, 0.2) is 23.3 Å². The lowest BCUT2D eigenvalue weighted by Crippen LogP contribution is -2.38. The molecule has 2 N–H and O–H groups in total. The fourth-order valence-corrected chi connectivity index (χ4v) is 2.92. The molecule has 0 radical (unpaired) electrons. The molecular weight excluding hydrogens is 356 g/mol. The van der Waals surface area contributed by atoms with Gasteiger partial charge in [-0.1, -0.05) is 13.0 Å². The van der Waals surface area contributed by atoms with Crippen molar-refractivity contribution in [1.82, 2.24) is 15.6 Å². The minimum atomic E-state index is 0.530. The molecule has 0 bridgehead atoms. The summed E-state index contributed by atoms with van der Waals surface area (Å²) < 4.78 is 16.9. The molecule has 1 aromatic rings. The molecule has 1 aliphatic heterocycles. The maximum absolute atomic E-state index is 5.82. The molecule has 0 amide bonds. The van der Waals surface area contributed by atoms with E-state index < -0.39 is 0 Å². The first-order chi connectivity index (χ1) is 13.8. The van der Waals surface area contributed by atoms with Crippen molar-refractivity contribution in [3.8, 4) is 5.88 Å². The first-order valence-electron chi connectivity index (χ1n) is 10.6. The molecule has 1 aromatic heterocycles. The summed E-state index contributed by atoms with van der Waals surface area (Å²) in [7, 11) is 0. The van der Waals surface area contributed by atoms with Gasteiger partial charge in [0.05, 0.1) is 13.2 Å². The Morgan fingerprint density at radius 3 is 2.89 bits per heavy atom. The van der Waals surface area contributed by atoms with E-state index in [9.17, 15) is 0 Å². The molecule has 0 aliphatic carbocycles. The molecule has 0 aromatic carbocycles. The lowest BCUT2D eigenvalue weighted by molar-refractivity contribution is 0.0203. The first kappa shape index (κ1) is 22.4. The number of guanidine groups is 1. The van der Waals surface area contributed by atoms with E-state index in [1.54, 1.807) is 6.20 Å². The van der Waals surface area contributed by atoms with E-state index in [1.165, 1.54) is 0 Å². The van der Waals surface area contributed by atoms with Crippen LogP contribution in [0.4, 0.5) is 0 Å². The second-order valence-corrected chi connectivity index (χ2v) is 6.92. The molecule has 0 saturated carbocycles. The lowest BCUT2D eigenvalue weighted by Gasteiger charge is -2.21. The molecule has 2 heterocycles. The third kappa shape index (κ3) is 8.89. The zero-order chi connectivity index (χ0) is 19.9. The molecule has 7 nitrogen and oxygen atoms in total. The van der Waals surface area contributed by atoms with Crippen LogP contribution in [0.2, 0.25) is 0 Å². The molecule has 0 unspecified atom stereocenters. The Balaban J connectivity index is 1.70. The van der Waals surface area contributed by atoms with Crippen molar-refractivity contribution >= 4 is 5.96 Å². The molecule has 1 saturated heterocycles. The standard InChI is InChI=1S/C21H36N4O3/c1-3-12-28-20-19(7-5-10-23-20)16-25-21(22-4-2)24-11-6-13-27-17-18-8-14-26-15-9-18/h5,7,10,18H,3-4,6,8-9,11-17H2,1-2H3,(H2,22,24,25). The maximum Gasteiger partial charge on any atom is 0.218 e. The zero-order valence-corrected chi connectivity index (χ0v) is 17.4. The van der Waals surface area contributed by atoms with Crippen molar-refractivity contribution in [2.24, 2.45) is 10.9 Å². The number of nitrogens with zero attached hydrogens (tertiary/aromatic N) is 2. The van der Waals surface area contributed by atoms with Gasteiger partial charge in [-0.15, -0.1) is 0 Å². The Hall–Kier alpha value is -1.86. The Morgan fingerprint density at radius 1 is 1.25 bits per heavy atom. The van der Waals surface area contributed by atoms with E-state index in [0.29, 0.717) is 24.9 Å². The Kier molecular flexibility index (Phi) is 11.4. The van der Waals surface area contributed by atoms with Gasteiger partial charge in [-0.05, 0) is 44.6 Å². The zero-order valence-electron chi connectivity index (χ0n) is 17.4. The van der Waals surface area contributed by atoms with Gasteiger partial charge >= 0.3 is 0 Å². The highest BCUT2D eigenvalue weighted by Crippen LogP contribution is 2.16. The summed E-state index contributed by atoms with van der Waals surface area (Å²) >= 11 is 0. The number of ether oxygens (including phenoxy) is 3. The normalized spacial score (nSPS) is 15.4. The summed E-state index contributed by atoms with van der Waals surface area (Å²) in [6.45, 7) is 10.3. The van der Waals surface area contributed by atoms with E-state index in [0.717, 1.165) is 76.7 Å². The molecule has 2 rings (SSSR count). The van der Waals surface area contributed by atoms with Crippen molar-refractivity contribution in [2.75, 3.05) is 46.1 Å². The molecule has 7 heteroatoms. The van der Waals surface area contributed by atoms with Crippen molar-refractivity contribution < 1.29 is 14.2 Å². The van der Waals surface area contributed by atoms with E-state index in [-0.39, 0.29) is 0 Å². The van der Waals surface area contributed by atoms with Gasteiger partial charge in [-0.2, -0.15) is 0 Å². The molecule has 158 valence electrons. The minimum Gasteiger partial charge on any atom is -0.477 e. The molecule has 28 heavy (non-hydrogen) atoms. The van der Waals surface area contributed by atoms with Crippen LogP contribution in [0.25, 0.3) is 0 Å². The number of hydrogen-bond donors (Lipinski definition) is 2. The minimum absolute atomic E-state index is 0.530. The van der Waals surface area contributed by atoms with Crippen LogP contribution in [0.3, 0.4) is 0 Å². The fraction of sp³-hybridized carbons (Fsp3) is 0.714. The smallest absolute Gasteiger partial charge is 0.218 e. The van der Waals surface area contributed by atoms with E-state index in [2.05, 4.69) is 34.5 Å². The van der Waals surface area contributed by atoms with Gasteiger partial charge in [0.25, 0.3) is 0 Å². The van der Waals surface area contributed by atoms with E-state index in [1.807, 2.05) is 12.1 Å². The van der Waals surface area contributed by atoms with Crippen LogP contribution < -0.4 is 15.4 Å². The van der Waals surface area contributed by atoms with Gasteiger partial charge in [0.2, 0.25) is 5.88 Å². The predicted molar refractivity (Wildman–Crippen MR) is 112 cm³/mol. The van der Waals surface area contributed by atoms with Gasteiger partial charge in [0, 0.05) is 51.3 Å². The topological polar surface area (TPSA) is 77.0 Å². The second-order valence-electron chi connectivity index (χ2n) is 6.92. The highest BCUT2D eigenvalue weighted by Gasteiger charge is 2.13. The number of nitrogens with one attached hydrogen (secondary N) is 2. The van der Waals surface area contributed by atoms with Crippen molar-refractivity contribution in [3.05, 3.63) is 23.9 Å². The van der Waals surface area contributed by atoms with Crippen LogP contribution >= 0.6 is 0 Å². The van der Waals surface area contributed by atoms with Crippen LogP contribution in [0, 0.1) is 5.92 Å². The number of aromatic nitrogens is 1. The number of pyridine rings is 1. The average Bonchev–Trinajstić information content (AvgIpc) is 2.74. The highest BCUT2D eigenvalue weighted by atomic mass is 16.5. The number of aliphatic imine (C=N–C) groups is 1. The summed E-state index contributed by atoms with van der Waals surface area (Å²) in [5, 5.41) is 6.65. The van der Waals surface area contributed by atoms with Gasteiger partial charge in [-0.25, -0.2) is 9.98 Å². The first-order valence-corrected chi connectivity index (χ1v) is 10.6. The summed E-state index contributed by atoms with van der Waals surface area (Å²) in [4.78, 5) is 8.98. The van der Waals surface area contributed by atoms with Gasteiger partial charge in [0.15, 0.2) is 5.96 Å². The van der Waals surface area contributed by atoms with Crippen molar-refractivity contribution in [1.29, 1.82) is 0 Å². The Bertz CT molecular complexity index is 562. The third-order valence-electron chi connectivity index (χ3n) is 4.50. The Labute approximate surface area is 169 Å².